The number of oxazole rings is 1. The number of carbonyl (C=O) groups is 1. The van der Waals surface area contributed by atoms with Gasteiger partial charge in [-0.05, 0) is 37.4 Å². The number of carbonyl (C=O) groups excluding carboxylic acids is 1. The second-order valence-electron chi connectivity index (χ2n) is 6.65. The highest BCUT2D eigenvalue weighted by atomic mass is 16.6. The first kappa shape index (κ1) is 15.8. The third-order valence-electron chi connectivity index (χ3n) is 4.86. The van der Waals surface area contributed by atoms with Crippen molar-refractivity contribution in [2.75, 3.05) is 19.6 Å². The van der Waals surface area contributed by atoms with E-state index in [1.54, 1.807) is 12.1 Å². The van der Waals surface area contributed by atoms with E-state index in [2.05, 4.69) is 15.2 Å². The Morgan fingerprint density at radius 2 is 2.12 bits per heavy atom. The summed E-state index contributed by atoms with van der Waals surface area (Å²) in [4.78, 5) is 29.0. The first-order valence-corrected chi connectivity index (χ1v) is 8.32. The molecule has 130 valence electrons. The van der Waals surface area contributed by atoms with Gasteiger partial charge in [0, 0.05) is 36.8 Å². The smallest absolute Gasteiger partial charge is 0.307 e. The normalized spacial score (nSPS) is 24.9. The molecule has 3 heterocycles. The predicted octanol–water partition coefficient (Wildman–Crippen LogP) is 2.07. The van der Waals surface area contributed by atoms with Gasteiger partial charge in [-0.2, -0.15) is 0 Å². The van der Waals surface area contributed by atoms with Gasteiger partial charge in [0.15, 0.2) is 5.76 Å². The molecule has 0 aliphatic carbocycles. The third-order valence-corrected chi connectivity index (χ3v) is 4.86. The summed E-state index contributed by atoms with van der Waals surface area (Å²) in [5.74, 6) is 0.772. The van der Waals surface area contributed by atoms with Crippen LogP contribution in [0.1, 0.15) is 23.5 Å². The fourth-order valence-electron chi connectivity index (χ4n) is 3.67. The Kier molecular flexibility index (Phi) is 3.96. The fourth-order valence-corrected chi connectivity index (χ4v) is 3.67. The number of nitrogens with zero attached hydrogens (tertiary/aromatic N) is 3. The zero-order chi connectivity index (χ0) is 17.4. The lowest BCUT2D eigenvalue weighted by Crippen LogP contribution is -2.47. The molecule has 0 radical (unpaired) electrons. The van der Waals surface area contributed by atoms with Crippen LogP contribution in [0.3, 0.4) is 0 Å². The molecule has 8 nitrogen and oxygen atoms in total. The summed E-state index contributed by atoms with van der Waals surface area (Å²) < 4.78 is 5.54. The van der Waals surface area contributed by atoms with Crippen molar-refractivity contribution in [2.45, 2.75) is 18.9 Å². The molecule has 2 saturated heterocycles. The van der Waals surface area contributed by atoms with E-state index in [1.807, 2.05) is 0 Å². The Bertz CT molecular complexity index is 789. The molecular formula is C17H18N4O4. The van der Waals surface area contributed by atoms with Crippen LogP contribution >= 0.6 is 0 Å². The molecule has 2 bridgehead atoms. The van der Waals surface area contributed by atoms with E-state index in [-0.39, 0.29) is 23.5 Å². The monoisotopic (exact) mass is 342 g/mol. The number of nitro groups is 1. The van der Waals surface area contributed by atoms with E-state index in [9.17, 15) is 14.9 Å². The Labute approximate surface area is 144 Å². The van der Waals surface area contributed by atoms with Gasteiger partial charge in [-0.15, -0.1) is 0 Å². The van der Waals surface area contributed by atoms with Gasteiger partial charge in [-0.25, -0.2) is 4.98 Å². The fraction of sp³-hybridized carbons (Fsp3) is 0.412. The molecule has 25 heavy (non-hydrogen) atoms. The molecule has 1 aromatic carbocycles. The highest BCUT2D eigenvalue weighted by molar-refractivity contribution is 5.90. The highest BCUT2D eigenvalue weighted by Crippen LogP contribution is 2.27. The molecule has 0 saturated carbocycles. The van der Waals surface area contributed by atoms with Gasteiger partial charge in [0.25, 0.3) is 11.6 Å². The molecule has 1 N–H and O–H groups in total. The first-order chi connectivity index (χ1) is 12.1. The lowest BCUT2D eigenvalue weighted by Gasteiger charge is -2.30. The number of non-ortho nitro benzene ring substituents is 1. The maximum Gasteiger partial charge on any atom is 0.307 e. The van der Waals surface area contributed by atoms with E-state index in [0.717, 1.165) is 26.1 Å². The molecule has 2 fully saturated rings. The van der Waals surface area contributed by atoms with Gasteiger partial charge in [-0.1, -0.05) is 0 Å². The SMILES string of the molecule is O=C(N[C@@H]1C[C@H]2CCN(C2)C1)c1ncc(-c2ccc([N+](=O)[O-])cc2)o1. The van der Waals surface area contributed by atoms with Crippen molar-refractivity contribution in [1.29, 1.82) is 0 Å². The van der Waals surface area contributed by atoms with Crippen molar-refractivity contribution in [3.8, 4) is 11.3 Å². The van der Waals surface area contributed by atoms with Gasteiger partial charge in [-0.3, -0.25) is 14.9 Å². The number of rotatable bonds is 4. The van der Waals surface area contributed by atoms with Crippen LogP contribution in [0.4, 0.5) is 5.69 Å². The Hall–Kier alpha value is -2.74. The summed E-state index contributed by atoms with van der Waals surface area (Å²) in [5, 5.41) is 13.7. The van der Waals surface area contributed by atoms with E-state index >= 15 is 0 Å². The van der Waals surface area contributed by atoms with Gasteiger partial charge < -0.3 is 14.6 Å². The van der Waals surface area contributed by atoms with Crippen LogP contribution in [0, 0.1) is 16.0 Å². The average Bonchev–Trinajstić information content (AvgIpc) is 3.22. The molecular weight excluding hydrogens is 324 g/mol. The molecule has 2 aliphatic heterocycles. The molecule has 0 spiro atoms. The van der Waals surface area contributed by atoms with E-state index in [1.165, 1.54) is 24.8 Å². The van der Waals surface area contributed by atoms with Crippen molar-refractivity contribution in [1.82, 2.24) is 15.2 Å². The Morgan fingerprint density at radius 1 is 1.32 bits per heavy atom. The van der Waals surface area contributed by atoms with Crippen molar-refractivity contribution in [2.24, 2.45) is 5.92 Å². The highest BCUT2D eigenvalue weighted by Gasteiger charge is 2.33. The number of nitrogens with one attached hydrogen (secondary N) is 1. The van der Waals surface area contributed by atoms with Gasteiger partial charge in [0.05, 0.1) is 11.1 Å². The number of aromatic nitrogens is 1. The number of fused-ring (bicyclic) bond motifs is 2. The van der Waals surface area contributed by atoms with E-state index in [0.29, 0.717) is 17.2 Å². The zero-order valence-electron chi connectivity index (χ0n) is 13.6. The predicted molar refractivity (Wildman–Crippen MR) is 89.0 cm³/mol. The molecule has 4 rings (SSSR count). The number of hydrogen-bond donors (Lipinski definition) is 1. The van der Waals surface area contributed by atoms with Crippen LogP contribution in [0.25, 0.3) is 11.3 Å². The molecule has 2 aliphatic rings. The second kappa shape index (κ2) is 6.29. The van der Waals surface area contributed by atoms with Gasteiger partial charge in [0.2, 0.25) is 0 Å². The van der Waals surface area contributed by atoms with Crippen LogP contribution in [0.5, 0.6) is 0 Å². The van der Waals surface area contributed by atoms with Gasteiger partial charge >= 0.3 is 5.91 Å². The first-order valence-electron chi connectivity index (χ1n) is 8.32. The van der Waals surface area contributed by atoms with Crippen molar-refractivity contribution < 1.29 is 14.1 Å². The molecule has 2 aromatic rings. The summed E-state index contributed by atoms with van der Waals surface area (Å²) in [6.45, 7) is 3.12. The van der Waals surface area contributed by atoms with Crippen LogP contribution in [0.2, 0.25) is 0 Å². The Morgan fingerprint density at radius 3 is 2.84 bits per heavy atom. The van der Waals surface area contributed by atoms with Gasteiger partial charge in [0.1, 0.15) is 0 Å². The molecule has 8 heteroatoms. The lowest BCUT2D eigenvalue weighted by atomic mass is 9.97. The van der Waals surface area contributed by atoms with Crippen LogP contribution < -0.4 is 5.32 Å². The second-order valence-corrected chi connectivity index (χ2v) is 6.65. The maximum absolute atomic E-state index is 12.4. The van der Waals surface area contributed by atoms with Crippen LogP contribution in [-0.4, -0.2) is 46.4 Å². The zero-order valence-corrected chi connectivity index (χ0v) is 13.6. The number of benzene rings is 1. The van der Waals surface area contributed by atoms with Crippen molar-refractivity contribution >= 4 is 11.6 Å². The summed E-state index contributed by atoms with van der Waals surface area (Å²) in [6, 6.07) is 6.07. The molecule has 3 atom stereocenters. The van der Waals surface area contributed by atoms with Crippen molar-refractivity contribution in [3.05, 3.63) is 46.5 Å². The largest absolute Gasteiger partial charge is 0.432 e. The average molecular weight is 342 g/mol. The van der Waals surface area contributed by atoms with Crippen molar-refractivity contribution in [3.63, 3.8) is 0 Å². The topological polar surface area (TPSA) is 102 Å². The van der Waals surface area contributed by atoms with Crippen LogP contribution in [0.15, 0.2) is 34.9 Å². The molecule has 1 aromatic heterocycles. The minimum Gasteiger partial charge on any atom is -0.432 e. The van der Waals surface area contributed by atoms with E-state index < -0.39 is 4.92 Å². The number of amides is 1. The minimum absolute atomic E-state index is 0.00293. The molecule has 1 unspecified atom stereocenters. The Balaban J connectivity index is 1.43. The number of hydrogen-bond acceptors (Lipinski definition) is 6. The quantitative estimate of drug-likeness (QED) is 0.674. The molecule has 1 amide bonds. The lowest BCUT2D eigenvalue weighted by molar-refractivity contribution is -0.384. The summed E-state index contributed by atoms with van der Waals surface area (Å²) in [5.41, 5.74) is 0.641. The standard InChI is InChI=1S/C17H18N4O4/c22-16(19-13-7-11-5-6-20(9-11)10-13)17-18-8-15(25-17)12-1-3-14(4-2-12)21(23)24/h1-4,8,11,13H,5-7,9-10H2,(H,19,22)/t11-,13-/m1/s1. The van der Waals surface area contributed by atoms with E-state index in [4.69, 9.17) is 4.42 Å². The number of piperidine rings is 1. The minimum atomic E-state index is -0.462. The summed E-state index contributed by atoms with van der Waals surface area (Å²) >= 11 is 0. The van der Waals surface area contributed by atoms with Crippen LogP contribution in [-0.2, 0) is 0 Å². The maximum atomic E-state index is 12.4. The number of nitro benzene ring substituents is 1. The summed E-state index contributed by atoms with van der Waals surface area (Å²) in [7, 11) is 0. The summed E-state index contributed by atoms with van der Waals surface area (Å²) in [6.07, 6.45) is 3.66. The third kappa shape index (κ3) is 3.25.